The highest BCUT2D eigenvalue weighted by Crippen LogP contribution is 2.32. The normalized spacial score (nSPS) is 11.3. The molecule has 9 heteroatoms. The first-order valence-electron chi connectivity index (χ1n) is 9.04. The van der Waals surface area contributed by atoms with Gasteiger partial charge in [-0.1, -0.05) is 18.2 Å². The highest BCUT2D eigenvalue weighted by Gasteiger charge is 2.14. The second kappa shape index (κ2) is 9.84. The van der Waals surface area contributed by atoms with E-state index in [0.717, 1.165) is 22.8 Å². The van der Waals surface area contributed by atoms with Crippen molar-refractivity contribution in [2.45, 2.75) is 12.1 Å². The zero-order valence-corrected chi connectivity index (χ0v) is 17.2. The Labute approximate surface area is 176 Å². The summed E-state index contributed by atoms with van der Waals surface area (Å²) in [5, 5.41) is 10.1. The lowest BCUT2D eigenvalue weighted by atomic mass is 10.2. The van der Waals surface area contributed by atoms with E-state index in [2.05, 4.69) is 9.97 Å². The molecule has 0 saturated carbocycles. The van der Waals surface area contributed by atoms with Crippen molar-refractivity contribution in [3.05, 3.63) is 52.9 Å². The van der Waals surface area contributed by atoms with Crippen LogP contribution < -0.4 is 9.47 Å². The molecule has 0 bridgehead atoms. The quantitative estimate of drug-likeness (QED) is 0.301. The third kappa shape index (κ3) is 5.32. The number of aliphatic carboxylic acids is 1. The van der Waals surface area contributed by atoms with Crippen LogP contribution in [0.4, 0.5) is 0 Å². The Kier molecular flexibility index (Phi) is 6.97. The molecule has 0 unspecified atom stereocenters. The molecule has 1 heterocycles. The summed E-state index contributed by atoms with van der Waals surface area (Å²) < 4.78 is 15.5. The molecule has 156 valence electrons. The number of aromatic nitrogens is 2. The van der Waals surface area contributed by atoms with Crippen molar-refractivity contribution in [2.24, 2.45) is 0 Å². The highest BCUT2D eigenvalue weighted by molar-refractivity contribution is 8.04. The molecule has 2 N–H and O–H groups in total. The topological polar surface area (TPSA) is 111 Å². The maximum absolute atomic E-state index is 11.7. The number of thioether (sulfide) groups is 1. The highest BCUT2D eigenvalue weighted by atomic mass is 32.2. The number of hydrogen-bond acceptors (Lipinski definition) is 7. The van der Waals surface area contributed by atoms with Gasteiger partial charge >= 0.3 is 11.9 Å². The number of nitrogens with zero attached hydrogens (tertiary/aromatic N) is 1. The summed E-state index contributed by atoms with van der Waals surface area (Å²) in [6.45, 7) is 1.73. The van der Waals surface area contributed by atoms with Crippen molar-refractivity contribution in [3.63, 3.8) is 0 Å². The van der Waals surface area contributed by atoms with Gasteiger partial charge in [-0.15, -0.1) is 0 Å². The summed E-state index contributed by atoms with van der Waals surface area (Å²) in [6, 6.07) is 12.4. The first-order chi connectivity index (χ1) is 14.5. The number of hydrogen-bond donors (Lipinski definition) is 2. The molecule has 3 rings (SSSR count). The number of H-pyrrole nitrogens is 1. The van der Waals surface area contributed by atoms with Crippen LogP contribution in [0.3, 0.4) is 0 Å². The average molecular weight is 428 g/mol. The summed E-state index contributed by atoms with van der Waals surface area (Å²) in [5.41, 5.74) is 2.18. The molecular formula is C21H20N2O6S. The van der Waals surface area contributed by atoms with Crippen molar-refractivity contribution in [2.75, 3.05) is 20.3 Å². The predicted octanol–water partition coefficient (Wildman–Crippen LogP) is 3.73. The molecule has 8 nitrogen and oxygen atoms in total. The molecule has 0 saturated heterocycles. The van der Waals surface area contributed by atoms with Gasteiger partial charge in [0, 0.05) is 0 Å². The van der Waals surface area contributed by atoms with Gasteiger partial charge in [0.25, 0.3) is 0 Å². The fourth-order valence-corrected chi connectivity index (χ4v) is 3.40. The standard InChI is InChI=1S/C21H20N2O6S/c1-3-28-19(24)12-29-16-9-8-13(10-17(16)27-2)11-18(20(25)26)30-21-22-14-6-4-5-7-15(14)23-21/h4-11H,3,12H2,1-2H3,(H,22,23)(H,25,26)/b18-11-. The van der Waals surface area contributed by atoms with E-state index < -0.39 is 11.9 Å². The number of methoxy groups -OCH3 is 1. The Hall–Kier alpha value is -3.46. The number of nitrogens with one attached hydrogen (secondary N) is 1. The molecule has 0 radical (unpaired) electrons. The zero-order valence-electron chi connectivity index (χ0n) is 16.4. The number of fused-ring (bicyclic) bond motifs is 1. The number of ether oxygens (including phenoxy) is 3. The van der Waals surface area contributed by atoms with Crippen LogP contribution in [-0.4, -0.2) is 47.3 Å². The number of carboxylic acid groups (broad SMARTS) is 1. The third-order valence-corrected chi connectivity index (χ3v) is 4.82. The summed E-state index contributed by atoms with van der Waals surface area (Å²) >= 11 is 1.02. The van der Waals surface area contributed by atoms with Gasteiger partial charge in [-0.2, -0.15) is 0 Å². The number of carboxylic acids is 1. The van der Waals surface area contributed by atoms with Gasteiger partial charge in [0.1, 0.15) is 4.91 Å². The lowest BCUT2D eigenvalue weighted by Crippen LogP contribution is -2.14. The Morgan fingerprint density at radius 1 is 1.20 bits per heavy atom. The first kappa shape index (κ1) is 21.3. The summed E-state index contributed by atoms with van der Waals surface area (Å²) in [4.78, 5) is 30.8. The lowest BCUT2D eigenvalue weighted by molar-refractivity contribution is -0.145. The van der Waals surface area contributed by atoms with Crippen molar-refractivity contribution in [1.29, 1.82) is 0 Å². The molecule has 0 fully saturated rings. The van der Waals surface area contributed by atoms with Crippen molar-refractivity contribution in [3.8, 4) is 11.5 Å². The maximum Gasteiger partial charge on any atom is 0.344 e. The van der Waals surface area contributed by atoms with Crippen LogP contribution in [0.25, 0.3) is 17.1 Å². The zero-order chi connectivity index (χ0) is 21.5. The Morgan fingerprint density at radius 2 is 2.00 bits per heavy atom. The van der Waals surface area contributed by atoms with E-state index in [1.165, 1.54) is 13.2 Å². The van der Waals surface area contributed by atoms with Gasteiger partial charge in [-0.3, -0.25) is 0 Å². The number of esters is 1. The van der Waals surface area contributed by atoms with Crippen LogP contribution in [0.15, 0.2) is 52.5 Å². The lowest BCUT2D eigenvalue weighted by Gasteiger charge is -2.11. The Bertz CT molecular complexity index is 1060. The molecule has 2 aromatic carbocycles. The van der Waals surface area contributed by atoms with E-state index in [1.54, 1.807) is 25.1 Å². The fourth-order valence-electron chi connectivity index (χ4n) is 2.60. The van der Waals surface area contributed by atoms with Crippen LogP contribution in [-0.2, 0) is 14.3 Å². The number of carbonyl (C=O) groups excluding carboxylic acids is 1. The number of imidazole rings is 1. The molecule has 0 aliphatic carbocycles. The van der Waals surface area contributed by atoms with Gasteiger partial charge in [0.05, 0.1) is 24.8 Å². The third-order valence-electron chi connectivity index (χ3n) is 3.92. The largest absolute Gasteiger partial charge is 0.493 e. The fraction of sp³-hybridized carbons (Fsp3) is 0.190. The summed E-state index contributed by atoms with van der Waals surface area (Å²) in [7, 11) is 1.46. The second-order valence-electron chi connectivity index (χ2n) is 5.98. The van der Waals surface area contributed by atoms with Crippen LogP contribution in [0.1, 0.15) is 12.5 Å². The van der Waals surface area contributed by atoms with Crippen LogP contribution in [0.2, 0.25) is 0 Å². The molecule has 0 aliphatic rings. The summed E-state index contributed by atoms with van der Waals surface area (Å²) in [6.07, 6.45) is 1.51. The molecule has 0 aliphatic heterocycles. The van der Waals surface area contributed by atoms with Crippen LogP contribution in [0.5, 0.6) is 11.5 Å². The Morgan fingerprint density at radius 3 is 2.70 bits per heavy atom. The molecule has 1 aromatic heterocycles. The van der Waals surface area contributed by atoms with E-state index in [0.29, 0.717) is 22.2 Å². The maximum atomic E-state index is 11.7. The molecule has 0 spiro atoms. The van der Waals surface area contributed by atoms with Crippen molar-refractivity contribution >= 4 is 40.8 Å². The van der Waals surface area contributed by atoms with Crippen molar-refractivity contribution < 1.29 is 28.9 Å². The van der Waals surface area contributed by atoms with Gasteiger partial charge in [0.15, 0.2) is 23.3 Å². The van der Waals surface area contributed by atoms with E-state index in [1.807, 2.05) is 24.3 Å². The number of rotatable bonds is 9. The minimum Gasteiger partial charge on any atom is -0.493 e. The first-order valence-corrected chi connectivity index (χ1v) is 9.86. The van der Waals surface area contributed by atoms with Gasteiger partial charge < -0.3 is 24.3 Å². The van der Waals surface area contributed by atoms with Gasteiger partial charge in [-0.05, 0) is 54.6 Å². The van der Waals surface area contributed by atoms with E-state index in [-0.39, 0.29) is 18.1 Å². The number of benzene rings is 2. The van der Waals surface area contributed by atoms with Gasteiger partial charge in [0.2, 0.25) is 0 Å². The number of carbonyl (C=O) groups is 2. The Balaban J connectivity index is 1.80. The smallest absolute Gasteiger partial charge is 0.344 e. The van der Waals surface area contributed by atoms with E-state index in [4.69, 9.17) is 14.2 Å². The van der Waals surface area contributed by atoms with Crippen LogP contribution in [0, 0.1) is 0 Å². The average Bonchev–Trinajstić information content (AvgIpc) is 3.14. The molecule has 0 atom stereocenters. The second-order valence-corrected chi connectivity index (χ2v) is 7.01. The van der Waals surface area contributed by atoms with E-state index >= 15 is 0 Å². The van der Waals surface area contributed by atoms with Crippen molar-refractivity contribution in [1.82, 2.24) is 9.97 Å². The van der Waals surface area contributed by atoms with Crippen LogP contribution >= 0.6 is 11.8 Å². The SMILES string of the molecule is CCOC(=O)COc1ccc(/C=C(\Sc2nc3ccccc3[nH]2)C(=O)O)cc1OC. The molecule has 0 amide bonds. The van der Waals surface area contributed by atoms with E-state index in [9.17, 15) is 14.7 Å². The predicted molar refractivity (Wildman–Crippen MR) is 113 cm³/mol. The summed E-state index contributed by atoms with van der Waals surface area (Å²) in [5.74, 6) is -0.850. The number of para-hydroxylation sites is 2. The van der Waals surface area contributed by atoms with Gasteiger partial charge in [-0.25, -0.2) is 14.6 Å². The molecule has 3 aromatic rings. The number of aromatic amines is 1. The molecule has 30 heavy (non-hydrogen) atoms. The minimum atomic E-state index is -1.08. The molecular weight excluding hydrogens is 408 g/mol. The minimum absolute atomic E-state index is 0.0799. The monoisotopic (exact) mass is 428 g/mol.